The van der Waals surface area contributed by atoms with E-state index in [4.69, 9.17) is 5.73 Å². The first-order chi connectivity index (χ1) is 12.5. The van der Waals surface area contributed by atoms with Crippen LogP contribution in [0.3, 0.4) is 0 Å². The van der Waals surface area contributed by atoms with E-state index in [9.17, 15) is 9.59 Å². The van der Waals surface area contributed by atoms with Gasteiger partial charge in [0.1, 0.15) is 0 Å². The quantitative estimate of drug-likeness (QED) is 0.837. The number of nitrogens with one attached hydrogen (secondary N) is 1. The van der Waals surface area contributed by atoms with E-state index in [-0.39, 0.29) is 12.3 Å². The molecule has 0 bridgehead atoms. The van der Waals surface area contributed by atoms with Crippen LogP contribution in [-0.4, -0.2) is 48.0 Å². The fourth-order valence-electron chi connectivity index (χ4n) is 3.21. The van der Waals surface area contributed by atoms with Crippen LogP contribution in [0.2, 0.25) is 0 Å². The minimum Gasteiger partial charge on any atom is -0.352 e. The lowest BCUT2D eigenvalue weighted by Crippen LogP contribution is -2.49. The standard InChI is InChI=1S/C18H23N5O2S/c1-13-4-2-3-5-14(13)15(21-17(19)25)12-16(24)22-7-9-23(10-8-22)18-20-6-11-26-18/h2-6,11,15H,7-10,12H2,1H3,(H3,19,21,25). The molecule has 1 fully saturated rings. The number of nitrogens with two attached hydrogens (primary N) is 1. The normalized spacial score (nSPS) is 15.6. The number of nitrogens with zero attached hydrogens (tertiary/aromatic N) is 3. The van der Waals surface area contributed by atoms with Gasteiger partial charge in [-0.2, -0.15) is 0 Å². The number of urea groups is 1. The molecule has 2 heterocycles. The number of piperazine rings is 1. The van der Waals surface area contributed by atoms with E-state index in [1.807, 2.05) is 41.5 Å². The van der Waals surface area contributed by atoms with Crippen LogP contribution in [0.4, 0.5) is 9.93 Å². The van der Waals surface area contributed by atoms with E-state index in [2.05, 4.69) is 15.2 Å². The summed E-state index contributed by atoms with van der Waals surface area (Å²) < 4.78 is 0. The van der Waals surface area contributed by atoms with E-state index in [0.717, 1.165) is 29.3 Å². The number of aromatic nitrogens is 1. The number of primary amides is 1. The van der Waals surface area contributed by atoms with Crippen molar-refractivity contribution in [3.8, 4) is 0 Å². The number of carbonyl (C=O) groups is 2. The first-order valence-corrected chi connectivity index (χ1v) is 9.46. The van der Waals surface area contributed by atoms with Crippen molar-refractivity contribution in [3.63, 3.8) is 0 Å². The molecule has 0 saturated carbocycles. The largest absolute Gasteiger partial charge is 0.352 e. The molecular weight excluding hydrogens is 350 g/mol. The van der Waals surface area contributed by atoms with Crippen LogP contribution in [-0.2, 0) is 4.79 Å². The third-order valence-corrected chi connectivity index (χ3v) is 5.41. The molecule has 1 atom stereocenters. The Morgan fingerprint density at radius 1 is 1.27 bits per heavy atom. The van der Waals surface area contributed by atoms with E-state index < -0.39 is 12.1 Å². The van der Waals surface area contributed by atoms with Crippen molar-refractivity contribution in [2.24, 2.45) is 5.73 Å². The molecular formula is C18H23N5O2S. The van der Waals surface area contributed by atoms with E-state index in [0.29, 0.717) is 13.1 Å². The van der Waals surface area contributed by atoms with E-state index in [1.54, 1.807) is 17.5 Å². The Morgan fingerprint density at radius 3 is 2.62 bits per heavy atom. The summed E-state index contributed by atoms with van der Waals surface area (Å²) in [5.74, 6) is 0.0193. The Bertz CT molecular complexity index is 757. The molecule has 2 aromatic rings. The Kier molecular flexibility index (Phi) is 5.72. The van der Waals surface area contributed by atoms with Crippen LogP contribution >= 0.6 is 11.3 Å². The zero-order chi connectivity index (χ0) is 18.5. The molecule has 1 aromatic heterocycles. The predicted molar refractivity (Wildman–Crippen MR) is 102 cm³/mol. The lowest BCUT2D eigenvalue weighted by atomic mass is 9.98. The SMILES string of the molecule is Cc1ccccc1C(CC(=O)N1CCN(c2nccs2)CC1)NC(N)=O. The number of hydrogen-bond acceptors (Lipinski definition) is 5. The van der Waals surface area contributed by atoms with Crippen molar-refractivity contribution in [1.29, 1.82) is 0 Å². The van der Waals surface area contributed by atoms with E-state index in [1.165, 1.54) is 0 Å². The maximum Gasteiger partial charge on any atom is 0.312 e. The highest BCUT2D eigenvalue weighted by atomic mass is 32.1. The molecule has 3 rings (SSSR count). The number of benzene rings is 1. The lowest BCUT2D eigenvalue weighted by molar-refractivity contribution is -0.132. The van der Waals surface area contributed by atoms with Gasteiger partial charge < -0.3 is 20.9 Å². The molecule has 26 heavy (non-hydrogen) atoms. The van der Waals surface area contributed by atoms with Crippen LogP contribution in [0.15, 0.2) is 35.8 Å². The Hall–Kier alpha value is -2.61. The summed E-state index contributed by atoms with van der Waals surface area (Å²) in [6.07, 6.45) is 1.99. The first-order valence-electron chi connectivity index (χ1n) is 8.58. The molecule has 1 saturated heterocycles. The van der Waals surface area contributed by atoms with Crippen molar-refractivity contribution in [3.05, 3.63) is 47.0 Å². The third kappa shape index (κ3) is 4.32. The van der Waals surface area contributed by atoms with Crippen molar-refractivity contribution in [1.82, 2.24) is 15.2 Å². The zero-order valence-corrected chi connectivity index (χ0v) is 15.5. The van der Waals surface area contributed by atoms with Crippen LogP contribution in [0.1, 0.15) is 23.6 Å². The molecule has 0 radical (unpaired) electrons. The number of amides is 3. The minimum absolute atomic E-state index is 0.0193. The predicted octanol–water partition coefficient (Wildman–Crippen LogP) is 1.90. The van der Waals surface area contributed by atoms with Gasteiger partial charge in [-0.15, -0.1) is 11.3 Å². The van der Waals surface area contributed by atoms with Gasteiger partial charge in [0.2, 0.25) is 5.91 Å². The number of hydrogen-bond donors (Lipinski definition) is 2. The maximum absolute atomic E-state index is 12.8. The summed E-state index contributed by atoms with van der Waals surface area (Å²) in [6.45, 7) is 4.78. The number of carbonyl (C=O) groups excluding carboxylic acids is 2. The summed E-state index contributed by atoms with van der Waals surface area (Å²) >= 11 is 1.61. The van der Waals surface area contributed by atoms with Crippen molar-refractivity contribution in [2.75, 3.05) is 31.1 Å². The van der Waals surface area contributed by atoms with Gasteiger partial charge in [0, 0.05) is 37.8 Å². The fourth-order valence-corrected chi connectivity index (χ4v) is 3.91. The lowest BCUT2D eigenvalue weighted by Gasteiger charge is -2.35. The van der Waals surface area contributed by atoms with Gasteiger partial charge in [0.05, 0.1) is 12.5 Å². The molecule has 1 unspecified atom stereocenters. The Labute approximate surface area is 156 Å². The Balaban J connectivity index is 1.63. The summed E-state index contributed by atoms with van der Waals surface area (Å²) in [5, 5.41) is 5.66. The average molecular weight is 373 g/mol. The second-order valence-electron chi connectivity index (χ2n) is 6.30. The highest BCUT2D eigenvalue weighted by Crippen LogP contribution is 2.23. The zero-order valence-electron chi connectivity index (χ0n) is 14.7. The third-order valence-electron chi connectivity index (χ3n) is 4.58. The molecule has 8 heteroatoms. The van der Waals surface area contributed by atoms with Gasteiger partial charge in [0.15, 0.2) is 5.13 Å². The minimum atomic E-state index is -0.625. The first kappa shape index (κ1) is 18.2. The molecule has 0 aliphatic carbocycles. The molecule has 1 aromatic carbocycles. The molecule has 0 spiro atoms. The average Bonchev–Trinajstić information content (AvgIpc) is 3.16. The molecule has 138 valence electrons. The van der Waals surface area contributed by atoms with Crippen LogP contribution < -0.4 is 16.0 Å². The molecule has 1 aliphatic rings. The number of aryl methyl sites for hydroxylation is 1. The fraction of sp³-hybridized carbons (Fsp3) is 0.389. The highest BCUT2D eigenvalue weighted by molar-refractivity contribution is 7.13. The monoisotopic (exact) mass is 373 g/mol. The summed E-state index contributed by atoms with van der Waals surface area (Å²) in [6, 6.07) is 6.67. The van der Waals surface area contributed by atoms with Crippen molar-refractivity contribution in [2.45, 2.75) is 19.4 Å². The van der Waals surface area contributed by atoms with Crippen LogP contribution in [0.5, 0.6) is 0 Å². The number of rotatable bonds is 5. The highest BCUT2D eigenvalue weighted by Gasteiger charge is 2.26. The van der Waals surface area contributed by atoms with Crippen LogP contribution in [0.25, 0.3) is 0 Å². The summed E-state index contributed by atoms with van der Waals surface area (Å²) in [4.78, 5) is 32.5. The van der Waals surface area contributed by atoms with Gasteiger partial charge >= 0.3 is 6.03 Å². The van der Waals surface area contributed by atoms with Gasteiger partial charge in [-0.25, -0.2) is 9.78 Å². The van der Waals surface area contributed by atoms with E-state index >= 15 is 0 Å². The van der Waals surface area contributed by atoms with Gasteiger partial charge in [-0.3, -0.25) is 4.79 Å². The topological polar surface area (TPSA) is 91.6 Å². The molecule has 3 N–H and O–H groups in total. The summed E-state index contributed by atoms with van der Waals surface area (Å²) in [7, 11) is 0. The summed E-state index contributed by atoms with van der Waals surface area (Å²) in [5.41, 5.74) is 7.26. The molecule has 3 amide bonds. The second-order valence-corrected chi connectivity index (χ2v) is 7.18. The van der Waals surface area contributed by atoms with Crippen molar-refractivity contribution < 1.29 is 9.59 Å². The smallest absolute Gasteiger partial charge is 0.312 e. The second kappa shape index (κ2) is 8.18. The molecule has 1 aliphatic heterocycles. The number of anilines is 1. The number of thiazole rings is 1. The van der Waals surface area contributed by atoms with Gasteiger partial charge in [0.25, 0.3) is 0 Å². The maximum atomic E-state index is 12.8. The van der Waals surface area contributed by atoms with Gasteiger partial charge in [-0.1, -0.05) is 24.3 Å². The van der Waals surface area contributed by atoms with Crippen LogP contribution in [0, 0.1) is 6.92 Å². The Morgan fingerprint density at radius 2 is 2.00 bits per heavy atom. The van der Waals surface area contributed by atoms with Crippen molar-refractivity contribution >= 4 is 28.4 Å². The van der Waals surface area contributed by atoms with Gasteiger partial charge in [-0.05, 0) is 18.1 Å². The molecule has 7 nitrogen and oxygen atoms in total.